The Morgan fingerprint density at radius 1 is 0.962 bits per heavy atom. The lowest BCUT2D eigenvalue weighted by molar-refractivity contribution is 0.0742. The normalized spacial score (nSPS) is 14.9. The van der Waals surface area contributed by atoms with Crippen LogP contribution in [0.1, 0.15) is 10.4 Å². The molecule has 1 fully saturated rings. The molecule has 1 amide bonds. The largest absolute Gasteiger partial charge is 0.345 e. The van der Waals surface area contributed by atoms with Gasteiger partial charge in [0, 0.05) is 32.2 Å². The minimum Gasteiger partial charge on any atom is -0.345 e. The standard InChI is InChI=1S/C18H14F3N3OS/c19-11-1-3-13(14(21)9-11)17(25)23-5-7-24(8-6-23)18-22-15-4-2-12(20)10-16(15)26-18/h1-4,9-10H,5-8H2. The summed E-state index contributed by atoms with van der Waals surface area (Å²) in [5.41, 5.74) is 0.605. The van der Waals surface area contributed by atoms with Crippen molar-refractivity contribution in [1.29, 1.82) is 0 Å². The topological polar surface area (TPSA) is 36.4 Å². The van der Waals surface area contributed by atoms with Crippen LogP contribution in [0.3, 0.4) is 0 Å². The third kappa shape index (κ3) is 3.12. The number of hydrogen-bond acceptors (Lipinski definition) is 4. The summed E-state index contributed by atoms with van der Waals surface area (Å²) in [5, 5.41) is 0.769. The van der Waals surface area contributed by atoms with E-state index in [9.17, 15) is 18.0 Å². The van der Waals surface area contributed by atoms with E-state index in [4.69, 9.17) is 0 Å². The van der Waals surface area contributed by atoms with Gasteiger partial charge in [-0.25, -0.2) is 18.2 Å². The predicted molar refractivity (Wildman–Crippen MR) is 94.1 cm³/mol. The van der Waals surface area contributed by atoms with Gasteiger partial charge in [-0.05, 0) is 30.3 Å². The molecule has 0 unspecified atom stereocenters. The van der Waals surface area contributed by atoms with Crippen LogP contribution in [0.15, 0.2) is 36.4 Å². The Balaban J connectivity index is 1.47. The highest BCUT2D eigenvalue weighted by molar-refractivity contribution is 7.22. The molecule has 1 saturated heterocycles. The van der Waals surface area contributed by atoms with E-state index in [2.05, 4.69) is 4.98 Å². The Morgan fingerprint density at radius 3 is 2.38 bits per heavy atom. The van der Waals surface area contributed by atoms with Crippen molar-refractivity contribution in [3.8, 4) is 0 Å². The molecule has 2 aromatic carbocycles. The molecule has 0 bridgehead atoms. The lowest BCUT2D eigenvalue weighted by Crippen LogP contribution is -2.49. The fourth-order valence-electron chi connectivity index (χ4n) is 2.96. The third-order valence-corrected chi connectivity index (χ3v) is 5.42. The molecular weight excluding hydrogens is 363 g/mol. The maximum Gasteiger partial charge on any atom is 0.256 e. The highest BCUT2D eigenvalue weighted by Crippen LogP contribution is 2.30. The number of anilines is 1. The molecule has 26 heavy (non-hydrogen) atoms. The van der Waals surface area contributed by atoms with Crippen molar-refractivity contribution >= 4 is 32.6 Å². The quantitative estimate of drug-likeness (QED) is 0.684. The van der Waals surface area contributed by atoms with Gasteiger partial charge in [-0.3, -0.25) is 4.79 Å². The summed E-state index contributed by atoms with van der Waals surface area (Å²) in [5.74, 6) is -2.32. The van der Waals surface area contributed by atoms with Gasteiger partial charge in [-0.2, -0.15) is 0 Å². The van der Waals surface area contributed by atoms with Crippen molar-refractivity contribution in [2.24, 2.45) is 0 Å². The minimum absolute atomic E-state index is 0.129. The number of aromatic nitrogens is 1. The van der Waals surface area contributed by atoms with Gasteiger partial charge in [-0.1, -0.05) is 11.3 Å². The van der Waals surface area contributed by atoms with Gasteiger partial charge in [-0.15, -0.1) is 0 Å². The van der Waals surface area contributed by atoms with Crippen molar-refractivity contribution in [2.45, 2.75) is 0 Å². The van der Waals surface area contributed by atoms with E-state index in [0.29, 0.717) is 32.2 Å². The van der Waals surface area contributed by atoms with Crippen LogP contribution in [0, 0.1) is 17.5 Å². The Morgan fingerprint density at radius 2 is 1.65 bits per heavy atom. The Hall–Kier alpha value is -2.61. The number of thiazole rings is 1. The molecule has 134 valence electrons. The van der Waals surface area contributed by atoms with Crippen LogP contribution < -0.4 is 4.90 Å². The van der Waals surface area contributed by atoms with Gasteiger partial charge in [0.1, 0.15) is 17.5 Å². The van der Waals surface area contributed by atoms with Crippen LogP contribution in [0.4, 0.5) is 18.3 Å². The molecule has 4 rings (SSSR count). The van der Waals surface area contributed by atoms with Crippen LogP contribution in [-0.4, -0.2) is 42.0 Å². The number of fused-ring (bicyclic) bond motifs is 1. The van der Waals surface area contributed by atoms with Gasteiger partial charge in [0.25, 0.3) is 5.91 Å². The number of amides is 1. The van der Waals surface area contributed by atoms with Crippen LogP contribution in [0.25, 0.3) is 10.2 Å². The van der Waals surface area contributed by atoms with E-state index in [1.165, 1.54) is 29.5 Å². The highest BCUT2D eigenvalue weighted by Gasteiger charge is 2.25. The van der Waals surface area contributed by atoms with Gasteiger partial charge in [0.2, 0.25) is 0 Å². The van der Waals surface area contributed by atoms with E-state index >= 15 is 0 Å². The number of nitrogens with zero attached hydrogens (tertiary/aromatic N) is 3. The molecule has 0 N–H and O–H groups in total. The summed E-state index contributed by atoms with van der Waals surface area (Å²) in [6.07, 6.45) is 0. The molecule has 8 heteroatoms. The van der Waals surface area contributed by atoms with Crippen molar-refractivity contribution in [2.75, 3.05) is 31.1 Å². The van der Waals surface area contributed by atoms with Crippen molar-refractivity contribution in [1.82, 2.24) is 9.88 Å². The second-order valence-electron chi connectivity index (χ2n) is 6.01. The first-order valence-corrected chi connectivity index (χ1v) is 8.88. The van der Waals surface area contributed by atoms with Gasteiger partial charge in [0.05, 0.1) is 15.8 Å². The SMILES string of the molecule is O=C(c1ccc(F)cc1F)N1CCN(c2nc3ccc(F)cc3s2)CC1. The zero-order valence-electron chi connectivity index (χ0n) is 13.6. The average Bonchev–Trinajstić information content (AvgIpc) is 3.04. The van der Waals surface area contributed by atoms with Gasteiger partial charge < -0.3 is 9.80 Å². The molecule has 2 heterocycles. The molecule has 4 nitrogen and oxygen atoms in total. The van der Waals surface area contributed by atoms with Crippen LogP contribution >= 0.6 is 11.3 Å². The summed E-state index contributed by atoms with van der Waals surface area (Å²) in [6.45, 7) is 1.88. The Bertz CT molecular complexity index is 983. The van der Waals surface area contributed by atoms with E-state index in [-0.39, 0.29) is 11.4 Å². The number of hydrogen-bond donors (Lipinski definition) is 0. The Labute approximate surface area is 151 Å². The first kappa shape index (κ1) is 16.8. The van der Waals surface area contributed by atoms with Crippen molar-refractivity contribution < 1.29 is 18.0 Å². The first-order chi connectivity index (χ1) is 12.5. The molecule has 0 aliphatic carbocycles. The minimum atomic E-state index is -0.856. The average molecular weight is 377 g/mol. The van der Waals surface area contributed by atoms with Crippen molar-refractivity contribution in [3.63, 3.8) is 0 Å². The number of piperazine rings is 1. The van der Waals surface area contributed by atoms with Crippen LogP contribution in [-0.2, 0) is 0 Å². The summed E-state index contributed by atoms with van der Waals surface area (Å²) < 4.78 is 40.9. The fourth-order valence-corrected chi connectivity index (χ4v) is 4.00. The molecule has 0 saturated carbocycles. The van der Waals surface area contributed by atoms with Crippen molar-refractivity contribution in [3.05, 3.63) is 59.4 Å². The van der Waals surface area contributed by atoms with Gasteiger partial charge >= 0.3 is 0 Å². The number of rotatable bonds is 2. The lowest BCUT2D eigenvalue weighted by Gasteiger charge is -2.34. The highest BCUT2D eigenvalue weighted by atomic mass is 32.1. The Kier molecular flexibility index (Phi) is 4.28. The summed E-state index contributed by atoms with van der Waals surface area (Å²) in [7, 11) is 0. The van der Waals surface area contributed by atoms with Crippen LogP contribution in [0.2, 0.25) is 0 Å². The number of carbonyl (C=O) groups is 1. The summed E-state index contributed by atoms with van der Waals surface area (Å²) >= 11 is 1.40. The molecular formula is C18H14F3N3OS. The molecule has 1 aromatic heterocycles. The molecule has 3 aromatic rings. The molecule has 0 spiro atoms. The number of benzene rings is 2. The van der Waals surface area contributed by atoms with Gasteiger partial charge in [0.15, 0.2) is 5.13 Å². The summed E-state index contributed by atoms with van der Waals surface area (Å²) in [4.78, 5) is 20.5. The number of carbonyl (C=O) groups excluding carboxylic acids is 1. The predicted octanol–water partition coefficient (Wildman–Crippen LogP) is 3.68. The van der Waals surface area contributed by atoms with E-state index < -0.39 is 17.5 Å². The second-order valence-corrected chi connectivity index (χ2v) is 7.02. The first-order valence-electron chi connectivity index (χ1n) is 8.06. The van der Waals surface area contributed by atoms with E-state index in [1.807, 2.05) is 4.90 Å². The molecule has 0 radical (unpaired) electrons. The fraction of sp³-hybridized carbons (Fsp3) is 0.222. The number of halogens is 3. The smallest absolute Gasteiger partial charge is 0.256 e. The lowest BCUT2D eigenvalue weighted by atomic mass is 10.1. The zero-order chi connectivity index (χ0) is 18.3. The molecule has 0 atom stereocenters. The molecule has 1 aliphatic heterocycles. The molecule has 1 aliphatic rings. The monoisotopic (exact) mass is 377 g/mol. The maximum absolute atomic E-state index is 13.8. The summed E-state index contributed by atoms with van der Waals surface area (Å²) in [6, 6.07) is 7.42. The second kappa shape index (κ2) is 6.60. The van der Waals surface area contributed by atoms with E-state index in [0.717, 1.165) is 21.4 Å². The van der Waals surface area contributed by atoms with E-state index in [1.54, 1.807) is 11.0 Å². The third-order valence-electron chi connectivity index (χ3n) is 4.34. The maximum atomic E-state index is 13.8. The van der Waals surface area contributed by atoms with Crippen LogP contribution in [0.5, 0.6) is 0 Å². The zero-order valence-corrected chi connectivity index (χ0v) is 14.4.